The number of anilines is 1. The van der Waals surface area contributed by atoms with Crippen LogP contribution in [0.3, 0.4) is 0 Å². The lowest BCUT2D eigenvalue weighted by molar-refractivity contribution is -0.118. The molecule has 0 fully saturated rings. The molecule has 1 heterocycles. The second-order valence-corrected chi connectivity index (χ2v) is 5.05. The summed E-state index contributed by atoms with van der Waals surface area (Å²) in [6, 6.07) is 8.53. The molecule has 0 aliphatic carbocycles. The van der Waals surface area contributed by atoms with Crippen LogP contribution in [0.25, 0.3) is 0 Å². The molecule has 1 aromatic heterocycles. The Morgan fingerprint density at radius 3 is 2.65 bits per heavy atom. The highest BCUT2D eigenvalue weighted by Crippen LogP contribution is 2.19. The van der Waals surface area contributed by atoms with Crippen LogP contribution in [-0.4, -0.2) is 20.8 Å². The SMILES string of the molecule is Cc1cc(NC(=O)CC(O)c2ccc(Cl)cc2)nn1C. The van der Waals surface area contributed by atoms with Gasteiger partial charge in [0.05, 0.1) is 12.5 Å². The Morgan fingerprint density at radius 2 is 2.10 bits per heavy atom. The molecule has 2 aromatic rings. The van der Waals surface area contributed by atoms with Crippen LogP contribution in [0.5, 0.6) is 0 Å². The van der Waals surface area contributed by atoms with Crippen molar-refractivity contribution in [2.45, 2.75) is 19.4 Å². The molecule has 2 rings (SSSR count). The smallest absolute Gasteiger partial charge is 0.228 e. The lowest BCUT2D eigenvalue weighted by atomic mass is 10.1. The van der Waals surface area contributed by atoms with E-state index in [9.17, 15) is 9.90 Å². The summed E-state index contributed by atoms with van der Waals surface area (Å²) in [7, 11) is 1.80. The number of hydrogen-bond donors (Lipinski definition) is 2. The zero-order chi connectivity index (χ0) is 14.7. The van der Waals surface area contributed by atoms with Gasteiger partial charge in [-0.2, -0.15) is 5.10 Å². The van der Waals surface area contributed by atoms with Crippen molar-refractivity contribution >= 4 is 23.3 Å². The Bertz CT molecular complexity index is 588. The molecule has 0 aliphatic rings. The van der Waals surface area contributed by atoms with E-state index in [2.05, 4.69) is 10.4 Å². The number of aromatic nitrogens is 2. The fourth-order valence-corrected chi connectivity index (χ4v) is 1.92. The van der Waals surface area contributed by atoms with Crippen LogP contribution < -0.4 is 5.32 Å². The topological polar surface area (TPSA) is 67.2 Å². The number of amides is 1. The van der Waals surface area contributed by atoms with E-state index in [0.29, 0.717) is 16.4 Å². The molecule has 1 aromatic carbocycles. The highest BCUT2D eigenvalue weighted by molar-refractivity contribution is 6.30. The molecule has 0 bridgehead atoms. The Hall–Kier alpha value is -1.85. The predicted molar refractivity (Wildman–Crippen MR) is 77.6 cm³/mol. The van der Waals surface area contributed by atoms with Gasteiger partial charge in [0.25, 0.3) is 0 Å². The third-order valence-electron chi connectivity index (χ3n) is 3.01. The summed E-state index contributed by atoms with van der Waals surface area (Å²) in [4.78, 5) is 11.8. The minimum Gasteiger partial charge on any atom is -0.388 e. The largest absolute Gasteiger partial charge is 0.388 e. The minimum absolute atomic E-state index is 0.0305. The summed E-state index contributed by atoms with van der Waals surface area (Å²) in [6.45, 7) is 1.89. The van der Waals surface area contributed by atoms with Crippen molar-refractivity contribution in [2.24, 2.45) is 7.05 Å². The van der Waals surface area contributed by atoms with Crippen LogP contribution in [0.4, 0.5) is 5.82 Å². The van der Waals surface area contributed by atoms with Crippen molar-refractivity contribution in [1.82, 2.24) is 9.78 Å². The average Bonchev–Trinajstić information content (AvgIpc) is 2.68. The highest BCUT2D eigenvalue weighted by Gasteiger charge is 2.14. The second kappa shape index (κ2) is 6.07. The zero-order valence-corrected chi connectivity index (χ0v) is 12.1. The molecular weight excluding hydrogens is 278 g/mol. The lowest BCUT2D eigenvalue weighted by Gasteiger charge is -2.10. The summed E-state index contributed by atoms with van der Waals surface area (Å²) in [5.74, 6) is 0.198. The van der Waals surface area contributed by atoms with E-state index in [-0.39, 0.29) is 12.3 Å². The Morgan fingerprint density at radius 1 is 1.45 bits per heavy atom. The number of hydrogen-bond acceptors (Lipinski definition) is 3. The maximum atomic E-state index is 11.8. The van der Waals surface area contributed by atoms with Crippen molar-refractivity contribution in [3.8, 4) is 0 Å². The lowest BCUT2D eigenvalue weighted by Crippen LogP contribution is -2.16. The van der Waals surface area contributed by atoms with Crippen LogP contribution in [0.1, 0.15) is 23.8 Å². The first-order valence-electron chi connectivity index (χ1n) is 6.19. The van der Waals surface area contributed by atoms with Crippen molar-refractivity contribution < 1.29 is 9.90 Å². The summed E-state index contributed by atoms with van der Waals surface area (Å²) < 4.78 is 1.67. The molecule has 0 radical (unpaired) electrons. The molecule has 1 atom stereocenters. The molecule has 0 saturated carbocycles. The number of aryl methyl sites for hydroxylation is 2. The van der Waals surface area contributed by atoms with Gasteiger partial charge in [-0.25, -0.2) is 0 Å². The number of halogens is 1. The highest BCUT2D eigenvalue weighted by atomic mass is 35.5. The van der Waals surface area contributed by atoms with Crippen molar-refractivity contribution in [3.05, 3.63) is 46.6 Å². The molecule has 0 spiro atoms. The zero-order valence-electron chi connectivity index (χ0n) is 11.3. The van der Waals surface area contributed by atoms with E-state index >= 15 is 0 Å². The monoisotopic (exact) mass is 293 g/mol. The Labute approximate surface area is 122 Å². The minimum atomic E-state index is -0.864. The maximum absolute atomic E-state index is 11.8. The van der Waals surface area contributed by atoms with Gasteiger partial charge in [-0.1, -0.05) is 23.7 Å². The molecule has 0 aliphatic heterocycles. The first-order valence-corrected chi connectivity index (χ1v) is 6.57. The van der Waals surface area contributed by atoms with Gasteiger partial charge in [-0.05, 0) is 24.6 Å². The first-order chi connectivity index (χ1) is 9.45. The van der Waals surface area contributed by atoms with Crippen molar-refractivity contribution in [3.63, 3.8) is 0 Å². The van der Waals surface area contributed by atoms with E-state index in [1.54, 1.807) is 42.1 Å². The van der Waals surface area contributed by atoms with Gasteiger partial charge in [-0.3, -0.25) is 9.48 Å². The number of nitrogens with zero attached hydrogens (tertiary/aromatic N) is 2. The van der Waals surface area contributed by atoms with Gasteiger partial charge in [0, 0.05) is 23.8 Å². The van der Waals surface area contributed by atoms with Crippen molar-refractivity contribution in [2.75, 3.05) is 5.32 Å². The Kier molecular flexibility index (Phi) is 4.42. The van der Waals surface area contributed by atoms with Crippen LogP contribution in [0.15, 0.2) is 30.3 Å². The molecule has 20 heavy (non-hydrogen) atoms. The standard InChI is InChI=1S/C14H16ClN3O2/c1-9-7-13(17-18(9)2)16-14(20)8-12(19)10-3-5-11(15)6-4-10/h3-7,12,19H,8H2,1-2H3,(H,16,17,20). The van der Waals surface area contributed by atoms with Gasteiger partial charge in [0.15, 0.2) is 5.82 Å². The number of aliphatic hydroxyl groups excluding tert-OH is 1. The summed E-state index contributed by atoms with van der Waals surface area (Å²) in [5, 5.41) is 17.4. The molecular formula is C14H16ClN3O2. The number of aliphatic hydroxyl groups is 1. The van der Waals surface area contributed by atoms with Gasteiger partial charge in [-0.15, -0.1) is 0 Å². The Balaban J connectivity index is 1.95. The first kappa shape index (κ1) is 14.6. The number of carbonyl (C=O) groups is 1. The molecule has 1 unspecified atom stereocenters. The van der Waals surface area contributed by atoms with E-state index in [0.717, 1.165) is 5.69 Å². The van der Waals surface area contributed by atoms with Gasteiger partial charge >= 0.3 is 0 Å². The summed E-state index contributed by atoms with van der Waals surface area (Å²) >= 11 is 5.78. The summed E-state index contributed by atoms with van der Waals surface area (Å²) in [6.07, 6.45) is -0.894. The normalized spacial score (nSPS) is 12.2. The van der Waals surface area contributed by atoms with Crippen LogP contribution in [0.2, 0.25) is 5.02 Å². The number of nitrogens with one attached hydrogen (secondary N) is 1. The van der Waals surface area contributed by atoms with Crippen LogP contribution >= 0.6 is 11.6 Å². The van der Waals surface area contributed by atoms with Crippen LogP contribution in [-0.2, 0) is 11.8 Å². The third kappa shape index (κ3) is 3.59. The molecule has 6 heteroatoms. The van der Waals surface area contributed by atoms with Gasteiger partial charge < -0.3 is 10.4 Å². The molecule has 1 amide bonds. The molecule has 5 nitrogen and oxygen atoms in total. The fraction of sp³-hybridized carbons (Fsp3) is 0.286. The van der Waals surface area contributed by atoms with E-state index < -0.39 is 6.10 Å². The number of benzene rings is 1. The van der Waals surface area contributed by atoms with Gasteiger partial charge in [0.1, 0.15) is 0 Å². The molecule has 106 valence electrons. The molecule has 2 N–H and O–H groups in total. The van der Waals surface area contributed by atoms with E-state index in [1.807, 2.05) is 6.92 Å². The predicted octanol–water partition coefficient (Wildman–Crippen LogP) is 2.44. The molecule has 0 saturated heterocycles. The fourth-order valence-electron chi connectivity index (χ4n) is 1.79. The van der Waals surface area contributed by atoms with Crippen molar-refractivity contribution in [1.29, 1.82) is 0 Å². The number of carbonyl (C=O) groups excluding carboxylic acids is 1. The second-order valence-electron chi connectivity index (χ2n) is 4.61. The van der Waals surface area contributed by atoms with Gasteiger partial charge in [0.2, 0.25) is 5.91 Å². The number of rotatable bonds is 4. The maximum Gasteiger partial charge on any atom is 0.228 e. The third-order valence-corrected chi connectivity index (χ3v) is 3.27. The summed E-state index contributed by atoms with van der Waals surface area (Å²) in [5.41, 5.74) is 1.60. The van der Waals surface area contributed by atoms with Crippen LogP contribution in [0, 0.1) is 6.92 Å². The van der Waals surface area contributed by atoms with E-state index in [1.165, 1.54) is 0 Å². The quantitative estimate of drug-likeness (QED) is 0.910. The average molecular weight is 294 g/mol. The van der Waals surface area contributed by atoms with E-state index in [4.69, 9.17) is 11.6 Å².